The Morgan fingerprint density at radius 2 is 1.45 bits per heavy atom. The van der Waals surface area contributed by atoms with Crippen LogP contribution in [0.15, 0.2) is 24.6 Å². The summed E-state index contributed by atoms with van der Waals surface area (Å²) < 4.78 is 0. The van der Waals surface area contributed by atoms with Gasteiger partial charge in [-0.2, -0.15) is 0 Å². The molecule has 4 N–H and O–H groups in total. The van der Waals surface area contributed by atoms with Crippen molar-refractivity contribution < 1.29 is 0 Å². The summed E-state index contributed by atoms with van der Waals surface area (Å²) in [6.45, 7) is 14.3. The Kier molecular flexibility index (Phi) is 12.4. The van der Waals surface area contributed by atoms with Gasteiger partial charge >= 0.3 is 0 Å². The number of hydrogen-bond donors (Lipinski definition) is 3. The molecule has 0 aromatic rings. The highest BCUT2D eigenvalue weighted by Crippen LogP contribution is 2.05. The van der Waals surface area contributed by atoms with Crippen LogP contribution in [0, 0.1) is 0 Å². The first kappa shape index (κ1) is 19.0. The van der Waals surface area contributed by atoms with Crippen molar-refractivity contribution >= 4 is 0 Å². The zero-order valence-corrected chi connectivity index (χ0v) is 13.6. The maximum atomic E-state index is 5.53. The van der Waals surface area contributed by atoms with Gasteiger partial charge in [0.1, 0.15) is 0 Å². The molecule has 118 valence electrons. The van der Waals surface area contributed by atoms with Crippen molar-refractivity contribution in [3.63, 3.8) is 0 Å². The minimum absolute atomic E-state index is 0.501. The van der Waals surface area contributed by atoms with E-state index in [1.807, 2.05) is 0 Å². The second kappa shape index (κ2) is 13.0. The number of hydrogen-bond acceptors (Lipinski definition) is 3. The van der Waals surface area contributed by atoms with Crippen LogP contribution in [0.2, 0.25) is 0 Å². The van der Waals surface area contributed by atoms with E-state index in [4.69, 9.17) is 5.73 Å². The highest BCUT2D eigenvalue weighted by molar-refractivity contribution is 4.91. The van der Waals surface area contributed by atoms with E-state index in [9.17, 15) is 0 Å². The second-order valence-corrected chi connectivity index (χ2v) is 5.93. The smallest absolute Gasteiger partial charge is 0.0201 e. The number of unbranched alkanes of at least 4 members (excludes halogenated alkanes) is 4. The molecule has 0 aromatic carbocycles. The number of nitrogens with one attached hydrogen (secondary N) is 2. The van der Waals surface area contributed by atoms with Gasteiger partial charge in [-0.05, 0) is 65.5 Å². The van der Waals surface area contributed by atoms with E-state index in [0.29, 0.717) is 6.04 Å². The molecule has 0 aromatic heterocycles. The largest absolute Gasteiger partial charge is 0.403 e. The van der Waals surface area contributed by atoms with Crippen molar-refractivity contribution in [2.75, 3.05) is 13.1 Å². The fourth-order valence-corrected chi connectivity index (χ4v) is 2.15. The SMILES string of the molecule is C=C(N)CCCCCNCCCCCC(=C)NC(C)C. The van der Waals surface area contributed by atoms with Gasteiger partial charge in [-0.1, -0.05) is 26.0 Å². The molecule has 0 unspecified atom stereocenters. The molecule has 0 radical (unpaired) electrons. The lowest BCUT2D eigenvalue weighted by Gasteiger charge is -2.12. The first-order valence-electron chi connectivity index (χ1n) is 8.10. The summed E-state index contributed by atoms with van der Waals surface area (Å²) >= 11 is 0. The summed E-state index contributed by atoms with van der Waals surface area (Å²) in [7, 11) is 0. The molecule has 0 bridgehead atoms. The maximum Gasteiger partial charge on any atom is 0.0201 e. The van der Waals surface area contributed by atoms with Crippen LogP contribution >= 0.6 is 0 Å². The first-order valence-corrected chi connectivity index (χ1v) is 8.10. The summed E-state index contributed by atoms with van der Waals surface area (Å²) in [6, 6.07) is 0.501. The summed E-state index contributed by atoms with van der Waals surface area (Å²) in [6.07, 6.45) is 9.48. The molecule has 0 fully saturated rings. The molecule has 0 spiro atoms. The van der Waals surface area contributed by atoms with E-state index in [0.717, 1.165) is 31.6 Å². The van der Waals surface area contributed by atoms with Crippen LogP contribution in [-0.2, 0) is 0 Å². The molecular formula is C17H35N3. The van der Waals surface area contributed by atoms with Crippen LogP contribution in [-0.4, -0.2) is 19.1 Å². The van der Waals surface area contributed by atoms with Crippen LogP contribution in [0.5, 0.6) is 0 Å². The predicted molar refractivity (Wildman–Crippen MR) is 90.5 cm³/mol. The van der Waals surface area contributed by atoms with Gasteiger partial charge in [0, 0.05) is 17.4 Å². The molecule has 0 heterocycles. The molecule has 3 nitrogen and oxygen atoms in total. The van der Waals surface area contributed by atoms with Crippen LogP contribution in [0.1, 0.15) is 65.2 Å². The summed E-state index contributed by atoms with van der Waals surface area (Å²) in [5.41, 5.74) is 7.52. The quantitative estimate of drug-likeness (QED) is 0.426. The van der Waals surface area contributed by atoms with Crippen molar-refractivity contribution in [2.24, 2.45) is 5.73 Å². The van der Waals surface area contributed by atoms with Crippen molar-refractivity contribution in [2.45, 2.75) is 71.3 Å². The number of rotatable bonds is 14. The second-order valence-electron chi connectivity index (χ2n) is 5.93. The summed E-state index contributed by atoms with van der Waals surface area (Å²) in [5.74, 6) is 0. The van der Waals surface area contributed by atoms with E-state index in [1.54, 1.807) is 0 Å². The standard InChI is InChI=1S/C17H35N3/c1-15(2)20-17(4)12-8-6-10-14-19-13-9-5-7-11-16(3)18/h15,19-20H,3-14,18H2,1-2H3. The van der Waals surface area contributed by atoms with Gasteiger partial charge in [0.2, 0.25) is 0 Å². The monoisotopic (exact) mass is 281 g/mol. The van der Waals surface area contributed by atoms with Crippen molar-refractivity contribution in [3.8, 4) is 0 Å². The van der Waals surface area contributed by atoms with Gasteiger partial charge in [-0.25, -0.2) is 0 Å². The number of nitrogens with two attached hydrogens (primary N) is 1. The van der Waals surface area contributed by atoms with E-state index < -0.39 is 0 Å². The Balaban J connectivity index is 3.13. The van der Waals surface area contributed by atoms with Crippen molar-refractivity contribution in [3.05, 3.63) is 24.6 Å². The molecule has 0 saturated carbocycles. The molecule has 20 heavy (non-hydrogen) atoms. The Labute approximate surface area is 126 Å². The summed E-state index contributed by atoms with van der Waals surface area (Å²) in [5, 5.41) is 6.86. The highest BCUT2D eigenvalue weighted by Gasteiger charge is 1.97. The maximum absolute atomic E-state index is 5.53. The molecule has 0 atom stereocenters. The Hall–Kier alpha value is -0.960. The molecular weight excluding hydrogens is 246 g/mol. The zero-order chi connectivity index (χ0) is 15.2. The van der Waals surface area contributed by atoms with E-state index in [-0.39, 0.29) is 0 Å². The van der Waals surface area contributed by atoms with Crippen molar-refractivity contribution in [1.82, 2.24) is 10.6 Å². The zero-order valence-electron chi connectivity index (χ0n) is 13.6. The van der Waals surface area contributed by atoms with Crippen LogP contribution in [0.4, 0.5) is 0 Å². The molecule has 0 aliphatic heterocycles. The third kappa shape index (κ3) is 15.1. The average molecular weight is 281 g/mol. The van der Waals surface area contributed by atoms with Gasteiger partial charge in [-0.15, -0.1) is 0 Å². The minimum atomic E-state index is 0.501. The molecule has 0 amide bonds. The Morgan fingerprint density at radius 1 is 0.900 bits per heavy atom. The van der Waals surface area contributed by atoms with Gasteiger partial charge < -0.3 is 16.4 Å². The number of allylic oxidation sites excluding steroid dienone is 2. The van der Waals surface area contributed by atoms with Crippen LogP contribution in [0.25, 0.3) is 0 Å². The molecule has 0 aliphatic rings. The van der Waals surface area contributed by atoms with Crippen LogP contribution < -0.4 is 16.4 Å². The average Bonchev–Trinajstić information content (AvgIpc) is 2.34. The van der Waals surface area contributed by atoms with Gasteiger partial charge in [0.15, 0.2) is 0 Å². The molecule has 0 rings (SSSR count). The fourth-order valence-electron chi connectivity index (χ4n) is 2.15. The van der Waals surface area contributed by atoms with Crippen LogP contribution in [0.3, 0.4) is 0 Å². The predicted octanol–water partition coefficient (Wildman–Crippen LogP) is 3.68. The van der Waals surface area contributed by atoms with Crippen molar-refractivity contribution in [1.29, 1.82) is 0 Å². The summed E-state index contributed by atoms with van der Waals surface area (Å²) in [4.78, 5) is 0. The van der Waals surface area contributed by atoms with Gasteiger partial charge in [0.05, 0.1) is 0 Å². The topological polar surface area (TPSA) is 50.1 Å². The van der Waals surface area contributed by atoms with E-state index in [1.165, 1.54) is 44.2 Å². The molecule has 3 heteroatoms. The fraction of sp³-hybridized carbons (Fsp3) is 0.765. The first-order chi connectivity index (χ1) is 9.52. The van der Waals surface area contributed by atoms with Gasteiger partial charge in [-0.3, -0.25) is 0 Å². The Morgan fingerprint density at radius 3 is 1.95 bits per heavy atom. The lowest BCUT2D eigenvalue weighted by atomic mass is 10.1. The lowest BCUT2D eigenvalue weighted by Crippen LogP contribution is -2.21. The normalized spacial score (nSPS) is 10.8. The van der Waals surface area contributed by atoms with E-state index >= 15 is 0 Å². The van der Waals surface area contributed by atoms with E-state index in [2.05, 4.69) is 37.6 Å². The Bertz CT molecular complexity index is 259. The highest BCUT2D eigenvalue weighted by atomic mass is 14.9. The minimum Gasteiger partial charge on any atom is -0.403 e. The molecule has 0 saturated heterocycles. The molecule has 0 aliphatic carbocycles. The third-order valence-electron chi connectivity index (χ3n) is 3.18. The third-order valence-corrected chi connectivity index (χ3v) is 3.18. The lowest BCUT2D eigenvalue weighted by molar-refractivity contribution is 0.559. The van der Waals surface area contributed by atoms with Gasteiger partial charge in [0.25, 0.3) is 0 Å².